The highest BCUT2D eigenvalue weighted by atomic mass is 14.8. The van der Waals surface area contributed by atoms with E-state index >= 15 is 0 Å². The van der Waals surface area contributed by atoms with Crippen LogP contribution in [0.3, 0.4) is 0 Å². The molecule has 4 N–H and O–H groups in total. The number of aromatic amines is 2. The fraction of sp³-hybridized carbons (Fsp3) is 0.0833. The minimum atomic E-state index is 0.528. The van der Waals surface area contributed by atoms with Gasteiger partial charge in [0.05, 0.1) is 0 Å². The lowest BCUT2D eigenvalue weighted by Crippen LogP contribution is -1.94. The average molecular weight is 212 g/mol. The summed E-state index contributed by atoms with van der Waals surface area (Å²) in [6.07, 6.45) is 5.73. The predicted molar refractivity (Wildman–Crippen MR) is 63.8 cm³/mol. The van der Waals surface area contributed by atoms with Crippen LogP contribution in [0.25, 0.3) is 22.2 Å². The molecule has 3 rings (SSSR count). The van der Waals surface area contributed by atoms with Crippen LogP contribution >= 0.6 is 0 Å². The fourth-order valence-corrected chi connectivity index (χ4v) is 1.91. The second-order valence-corrected chi connectivity index (χ2v) is 3.72. The zero-order valence-electron chi connectivity index (χ0n) is 8.70. The lowest BCUT2D eigenvalue weighted by Gasteiger charge is -1.93. The number of fused-ring (bicyclic) bond motifs is 1. The van der Waals surface area contributed by atoms with Crippen molar-refractivity contribution in [1.29, 1.82) is 0 Å². The maximum Gasteiger partial charge on any atom is 0.137 e. The largest absolute Gasteiger partial charge is 0.363 e. The zero-order chi connectivity index (χ0) is 11.0. The summed E-state index contributed by atoms with van der Waals surface area (Å²) in [6.45, 7) is 0.528. The maximum atomic E-state index is 5.58. The molecule has 0 amide bonds. The van der Waals surface area contributed by atoms with Crippen LogP contribution in [0.5, 0.6) is 0 Å². The number of hydrogen-bond acceptors (Lipinski definition) is 2. The first-order valence-corrected chi connectivity index (χ1v) is 5.18. The molecule has 0 saturated carbocycles. The highest BCUT2D eigenvalue weighted by Crippen LogP contribution is 2.27. The van der Waals surface area contributed by atoms with Gasteiger partial charge < -0.3 is 15.7 Å². The lowest BCUT2D eigenvalue weighted by atomic mass is 10.1. The summed E-state index contributed by atoms with van der Waals surface area (Å²) in [5, 5.41) is 1.13. The van der Waals surface area contributed by atoms with Crippen molar-refractivity contribution in [3.05, 3.63) is 42.5 Å². The molecule has 0 aliphatic rings. The van der Waals surface area contributed by atoms with Crippen LogP contribution in [0.1, 0.15) is 5.69 Å². The molecule has 3 heterocycles. The molecular formula is C12H12N4. The van der Waals surface area contributed by atoms with Gasteiger partial charge in [-0.05, 0) is 18.2 Å². The first kappa shape index (κ1) is 9.18. The molecule has 80 valence electrons. The number of pyridine rings is 1. The van der Waals surface area contributed by atoms with Gasteiger partial charge in [0, 0.05) is 47.3 Å². The van der Waals surface area contributed by atoms with Crippen molar-refractivity contribution in [2.75, 3.05) is 0 Å². The van der Waals surface area contributed by atoms with Crippen molar-refractivity contribution < 1.29 is 0 Å². The normalized spacial score (nSPS) is 11.1. The van der Waals surface area contributed by atoms with E-state index in [1.165, 1.54) is 0 Å². The second kappa shape index (κ2) is 3.50. The van der Waals surface area contributed by atoms with Gasteiger partial charge in [0.15, 0.2) is 0 Å². The van der Waals surface area contributed by atoms with E-state index in [9.17, 15) is 0 Å². The Bertz CT molecular complexity index is 621. The van der Waals surface area contributed by atoms with Crippen molar-refractivity contribution in [1.82, 2.24) is 15.0 Å². The number of aromatic nitrogens is 3. The summed E-state index contributed by atoms with van der Waals surface area (Å²) in [4.78, 5) is 10.6. The molecule has 0 aromatic carbocycles. The standard InChI is InChI=1S/C12H12N4/c13-5-9-4-8(6-15-9)11-7-16-12-10(11)2-1-3-14-12/h1-4,6-7,15H,5,13H2,(H,14,16). The number of nitrogens with zero attached hydrogens (tertiary/aromatic N) is 1. The molecule has 0 atom stereocenters. The highest BCUT2D eigenvalue weighted by Gasteiger charge is 2.07. The zero-order valence-corrected chi connectivity index (χ0v) is 8.70. The molecule has 0 aliphatic heterocycles. The molecule has 16 heavy (non-hydrogen) atoms. The third kappa shape index (κ3) is 1.31. The number of rotatable bonds is 2. The SMILES string of the molecule is NCc1cc(-c2c[nH]c3ncccc23)c[nH]1. The number of nitrogens with two attached hydrogens (primary N) is 1. The fourth-order valence-electron chi connectivity index (χ4n) is 1.91. The Morgan fingerprint density at radius 1 is 1.25 bits per heavy atom. The van der Waals surface area contributed by atoms with Crippen LogP contribution in [-0.4, -0.2) is 15.0 Å². The molecule has 0 unspecified atom stereocenters. The van der Waals surface area contributed by atoms with E-state index in [-0.39, 0.29) is 0 Å². The molecular weight excluding hydrogens is 200 g/mol. The lowest BCUT2D eigenvalue weighted by molar-refractivity contribution is 1.01. The second-order valence-electron chi connectivity index (χ2n) is 3.72. The highest BCUT2D eigenvalue weighted by molar-refractivity contribution is 5.93. The maximum absolute atomic E-state index is 5.58. The summed E-state index contributed by atoms with van der Waals surface area (Å²) in [5.74, 6) is 0. The quantitative estimate of drug-likeness (QED) is 0.608. The van der Waals surface area contributed by atoms with Crippen LogP contribution in [-0.2, 0) is 6.54 Å². The summed E-state index contributed by atoms with van der Waals surface area (Å²) >= 11 is 0. The van der Waals surface area contributed by atoms with Gasteiger partial charge in [0.25, 0.3) is 0 Å². The van der Waals surface area contributed by atoms with Gasteiger partial charge >= 0.3 is 0 Å². The Morgan fingerprint density at radius 3 is 3.00 bits per heavy atom. The van der Waals surface area contributed by atoms with E-state index in [4.69, 9.17) is 5.73 Å². The topological polar surface area (TPSA) is 70.5 Å². The number of hydrogen-bond donors (Lipinski definition) is 3. The van der Waals surface area contributed by atoms with Crippen LogP contribution < -0.4 is 5.73 Å². The molecule has 0 fully saturated rings. The van der Waals surface area contributed by atoms with Crippen molar-refractivity contribution in [2.45, 2.75) is 6.54 Å². The van der Waals surface area contributed by atoms with Crippen molar-refractivity contribution in [2.24, 2.45) is 5.73 Å². The number of nitrogens with one attached hydrogen (secondary N) is 2. The molecule has 0 spiro atoms. The Morgan fingerprint density at radius 2 is 2.19 bits per heavy atom. The van der Waals surface area contributed by atoms with Gasteiger partial charge in [0.1, 0.15) is 5.65 Å². The van der Waals surface area contributed by atoms with E-state index in [2.05, 4.69) is 27.1 Å². The van der Waals surface area contributed by atoms with Gasteiger partial charge in [-0.3, -0.25) is 0 Å². The number of H-pyrrole nitrogens is 2. The molecule has 0 bridgehead atoms. The average Bonchev–Trinajstić information content (AvgIpc) is 2.94. The van der Waals surface area contributed by atoms with Crippen molar-refractivity contribution in [3.63, 3.8) is 0 Å². The van der Waals surface area contributed by atoms with E-state index in [1.54, 1.807) is 6.20 Å². The van der Waals surface area contributed by atoms with E-state index in [0.29, 0.717) is 6.54 Å². The third-order valence-electron chi connectivity index (χ3n) is 2.72. The monoisotopic (exact) mass is 212 g/mol. The van der Waals surface area contributed by atoms with Crippen LogP contribution in [0, 0.1) is 0 Å². The van der Waals surface area contributed by atoms with E-state index in [0.717, 1.165) is 27.9 Å². The van der Waals surface area contributed by atoms with Crippen LogP contribution in [0.2, 0.25) is 0 Å². The summed E-state index contributed by atoms with van der Waals surface area (Å²) < 4.78 is 0. The van der Waals surface area contributed by atoms with Crippen LogP contribution in [0.4, 0.5) is 0 Å². The molecule has 4 heteroatoms. The Balaban J connectivity index is 2.18. The first-order valence-electron chi connectivity index (χ1n) is 5.18. The summed E-state index contributed by atoms with van der Waals surface area (Å²) in [6, 6.07) is 6.06. The van der Waals surface area contributed by atoms with Crippen LogP contribution in [0.15, 0.2) is 36.8 Å². The van der Waals surface area contributed by atoms with Gasteiger partial charge in [-0.15, -0.1) is 0 Å². The van der Waals surface area contributed by atoms with Gasteiger partial charge in [-0.1, -0.05) is 0 Å². The Kier molecular flexibility index (Phi) is 2.01. The molecule has 0 radical (unpaired) electrons. The first-order chi connectivity index (χ1) is 7.88. The molecule has 3 aromatic heterocycles. The molecule has 0 saturated heterocycles. The summed E-state index contributed by atoms with van der Waals surface area (Å²) in [7, 11) is 0. The Hall–Kier alpha value is -2.07. The van der Waals surface area contributed by atoms with Crippen molar-refractivity contribution in [3.8, 4) is 11.1 Å². The van der Waals surface area contributed by atoms with E-state index in [1.807, 2.05) is 18.5 Å². The third-order valence-corrected chi connectivity index (χ3v) is 2.72. The predicted octanol–water partition coefficient (Wildman–Crippen LogP) is 2.02. The Labute approximate surface area is 92.5 Å². The molecule has 0 aliphatic carbocycles. The van der Waals surface area contributed by atoms with E-state index < -0.39 is 0 Å². The molecule has 4 nitrogen and oxygen atoms in total. The minimum Gasteiger partial charge on any atom is -0.363 e. The summed E-state index contributed by atoms with van der Waals surface area (Å²) in [5.41, 5.74) is 9.81. The van der Waals surface area contributed by atoms with Crippen molar-refractivity contribution >= 4 is 11.0 Å². The van der Waals surface area contributed by atoms with Gasteiger partial charge in [-0.2, -0.15) is 0 Å². The smallest absolute Gasteiger partial charge is 0.137 e. The molecule has 3 aromatic rings. The van der Waals surface area contributed by atoms with Gasteiger partial charge in [-0.25, -0.2) is 4.98 Å². The minimum absolute atomic E-state index is 0.528. The van der Waals surface area contributed by atoms with Gasteiger partial charge in [0.2, 0.25) is 0 Å².